The van der Waals surface area contributed by atoms with Gasteiger partial charge in [0, 0.05) is 18.7 Å². The first kappa shape index (κ1) is 13.7. The molecule has 1 atom stereocenters. The van der Waals surface area contributed by atoms with Gasteiger partial charge in [-0.15, -0.1) is 0 Å². The fourth-order valence-corrected chi connectivity index (χ4v) is 1.56. The van der Waals surface area contributed by atoms with Crippen molar-refractivity contribution in [1.29, 1.82) is 0 Å². The van der Waals surface area contributed by atoms with Crippen molar-refractivity contribution in [2.45, 2.75) is 39.7 Å². The van der Waals surface area contributed by atoms with E-state index < -0.39 is 0 Å². The van der Waals surface area contributed by atoms with Crippen molar-refractivity contribution in [1.82, 2.24) is 9.97 Å². The second-order valence-corrected chi connectivity index (χ2v) is 4.24. The molecule has 4 N–H and O–H groups in total. The van der Waals surface area contributed by atoms with Crippen LogP contribution in [0, 0.1) is 6.92 Å². The van der Waals surface area contributed by atoms with Crippen molar-refractivity contribution in [2.75, 3.05) is 23.7 Å². The van der Waals surface area contributed by atoms with Crippen molar-refractivity contribution in [3.05, 3.63) is 11.9 Å². The third kappa shape index (κ3) is 4.99. The lowest BCUT2D eigenvalue weighted by molar-refractivity contribution is 0.712. The third-order valence-corrected chi connectivity index (χ3v) is 2.39. The summed E-state index contributed by atoms with van der Waals surface area (Å²) in [6.07, 6.45) is 2.01. The highest BCUT2D eigenvalue weighted by atomic mass is 15.1. The number of rotatable bonds is 7. The first-order valence-electron chi connectivity index (χ1n) is 6.21. The molecule has 1 aromatic rings. The van der Waals surface area contributed by atoms with Crippen LogP contribution in [-0.4, -0.2) is 29.1 Å². The zero-order valence-electron chi connectivity index (χ0n) is 11.0. The number of aromatic nitrogens is 2. The quantitative estimate of drug-likeness (QED) is 0.673. The molecule has 96 valence electrons. The number of nitrogens with two attached hydrogens (primary N) is 1. The summed E-state index contributed by atoms with van der Waals surface area (Å²) in [5, 5.41) is 6.59. The normalized spacial score (nSPS) is 12.2. The Morgan fingerprint density at radius 2 is 2.06 bits per heavy atom. The van der Waals surface area contributed by atoms with Gasteiger partial charge in [0.1, 0.15) is 17.5 Å². The molecule has 1 aromatic heterocycles. The highest BCUT2D eigenvalue weighted by Crippen LogP contribution is 2.12. The molecule has 0 saturated heterocycles. The smallest absolute Gasteiger partial charge is 0.132 e. The Labute approximate surface area is 103 Å². The zero-order valence-corrected chi connectivity index (χ0v) is 11.0. The molecular weight excluding hydrogens is 214 g/mol. The lowest BCUT2D eigenvalue weighted by atomic mass is 10.2. The molecule has 0 spiro atoms. The molecule has 0 fully saturated rings. The molecule has 5 heteroatoms. The van der Waals surface area contributed by atoms with Gasteiger partial charge in [0.05, 0.1) is 0 Å². The second kappa shape index (κ2) is 7.06. The maximum Gasteiger partial charge on any atom is 0.132 e. The first-order valence-corrected chi connectivity index (χ1v) is 6.21. The van der Waals surface area contributed by atoms with Gasteiger partial charge in [-0.05, 0) is 33.2 Å². The number of nitrogens with zero attached hydrogens (tertiary/aromatic N) is 2. The van der Waals surface area contributed by atoms with Crippen molar-refractivity contribution in [3.63, 3.8) is 0 Å². The summed E-state index contributed by atoms with van der Waals surface area (Å²) < 4.78 is 0. The number of hydrogen-bond acceptors (Lipinski definition) is 5. The standard InChI is InChI=1S/C12H23N5/c1-4-7-14-11-8-12(17-10(3)16-11)15-9(2)5-6-13/h8-9H,4-7,13H2,1-3H3,(H2,14,15,16,17). The molecule has 0 bridgehead atoms. The van der Waals surface area contributed by atoms with E-state index in [1.807, 2.05) is 13.0 Å². The molecular formula is C12H23N5. The predicted molar refractivity (Wildman–Crippen MR) is 72.3 cm³/mol. The van der Waals surface area contributed by atoms with Crippen LogP contribution in [0.25, 0.3) is 0 Å². The minimum Gasteiger partial charge on any atom is -0.370 e. The molecule has 0 aliphatic rings. The van der Waals surface area contributed by atoms with Crippen LogP contribution in [0.4, 0.5) is 11.6 Å². The molecule has 1 unspecified atom stereocenters. The highest BCUT2D eigenvalue weighted by molar-refractivity contribution is 5.47. The average Bonchev–Trinajstić information content (AvgIpc) is 2.25. The fourth-order valence-electron chi connectivity index (χ4n) is 1.56. The van der Waals surface area contributed by atoms with Gasteiger partial charge < -0.3 is 16.4 Å². The largest absolute Gasteiger partial charge is 0.370 e. The number of nitrogens with one attached hydrogen (secondary N) is 2. The summed E-state index contributed by atoms with van der Waals surface area (Å²) in [4.78, 5) is 8.70. The van der Waals surface area contributed by atoms with Gasteiger partial charge in [-0.25, -0.2) is 9.97 Å². The minimum atomic E-state index is 0.327. The molecule has 17 heavy (non-hydrogen) atoms. The van der Waals surface area contributed by atoms with Crippen molar-refractivity contribution in [2.24, 2.45) is 5.73 Å². The van der Waals surface area contributed by atoms with Crippen molar-refractivity contribution < 1.29 is 0 Å². The van der Waals surface area contributed by atoms with Gasteiger partial charge >= 0.3 is 0 Å². The van der Waals surface area contributed by atoms with E-state index in [1.165, 1.54) is 0 Å². The molecule has 0 radical (unpaired) electrons. The summed E-state index contributed by atoms with van der Waals surface area (Å²) in [5.41, 5.74) is 5.52. The van der Waals surface area contributed by atoms with E-state index in [9.17, 15) is 0 Å². The monoisotopic (exact) mass is 237 g/mol. The SMILES string of the molecule is CCCNc1cc(NC(C)CCN)nc(C)n1. The minimum absolute atomic E-state index is 0.327. The van der Waals surface area contributed by atoms with Crippen LogP contribution in [0.2, 0.25) is 0 Å². The van der Waals surface area contributed by atoms with E-state index in [-0.39, 0.29) is 0 Å². The van der Waals surface area contributed by atoms with Crippen LogP contribution < -0.4 is 16.4 Å². The number of hydrogen-bond donors (Lipinski definition) is 3. The Morgan fingerprint density at radius 3 is 2.71 bits per heavy atom. The lowest BCUT2D eigenvalue weighted by Gasteiger charge is -2.14. The molecule has 0 amide bonds. The van der Waals surface area contributed by atoms with Gasteiger partial charge in [-0.1, -0.05) is 6.92 Å². The summed E-state index contributed by atoms with van der Waals surface area (Å²) in [6, 6.07) is 2.27. The van der Waals surface area contributed by atoms with Crippen LogP contribution in [0.1, 0.15) is 32.5 Å². The Balaban J connectivity index is 2.67. The van der Waals surface area contributed by atoms with Crippen LogP contribution in [0.5, 0.6) is 0 Å². The summed E-state index contributed by atoms with van der Waals surface area (Å²) in [7, 11) is 0. The maximum absolute atomic E-state index is 5.52. The van der Waals surface area contributed by atoms with Crippen molar-refractivity contribution in [3.8, 4) is 0 Å². The molecule has 1 rings (SSSR count). The van der Waals surface area contributed by atoms with Crippen molar-refractivity contribution >= 4 is 11.6 Å². The van der Waals surface area contributed by atoms with Crippen LogP contribution in [0.15, 0.2) is 6.07 Å². The Bertz CT molecular complexity index is 340. The summed E-state index contributed by atoms with van der Waals surface area (Å²) in [6.45, 7) is 7.73. The van der Waals surface area contributed by atoms with Gasteiger partial charge in [-0.2, -0.15) is 0 Å². The van der Waals surface area contributed by atoms with Gasteiger partial charge in [0.2, 0.25) is 0 Å². The van der Waals surface area contributed by atoms with Crippen LogP contribution in [0.3, 0.4) is 0 Å². The summed E-state index contributed by atoms with van der Waals surface area (Å²) >= 11 is 0. The second-order valence-electron chi connectivity index (χ2n) is 4.24. The maximum atomic E-state index is 5.52. The Hall–Kier alpha value is -1.36. The summed E-state index contributed by atoms with van der Waals surface area (Å²) in [5.74, 6) is 2.51. The van der Waals surface area contributed by atoms with Crippen LogP contribution >= 0.6 is 0 Å². The van der Waals surface area contributed by atoms with E-state index in [2.05, 4.69) is 34.4 Å². The van der Waals surface area contributed by atoms with E-state index in [1.54, 1.807) is 0 Å². The fraction of sp³-hybridized carbons (Fsp3) is 0.667. The van der Waals surface area contributed by atoms with E-state index in [0.717, 1.165) is 36.8 Å². The zero-order chi connectivity index (χ0) is 12.7. The van der Waals surface area contributed by atoms with Gasteiger partial charge in [0.15, 0.2) is 0 Å². The molecule has 1 heterocycles. The Morgan fingerprint density at radius 1 is 1.35 bits per heavy atom. The van der Waals surface area contributed by atoms with Gasteiger partial charge in [-0.3, -0.25) is 0 Å². The topological polar surface area (TPSA) is 75.9 Å². The average molecular weight is 237 g/mol. The third-order valence-electron chi connectivity index (χ3n) is 2.39. The molecule has 0 aromatic carbocycles. The molecule has 5 nitrogen and oxygen atoms in total. The first-order chi connectivity index (χ1) is 8.15. The molecule has 0 aliphatic carbocycles. The molecule has 0 saturated carbocycles. The van der Waals surface area contributed by atoms with E-state index in [4.69, 9.17) is 5.73 Å². The highest BCUT2D eigenvalue weighted by Gasteiger charge is 2.04. The lowest BCUT2D eigenvalue weighted by Crippen LogP contribution is -2.20. The number of aryl methyl sites for hydroxylation is 1. The van der Waals surface area contributed by atoms with Gasteiger partial charge in [0.25, 0.3) is 0 Å². The van der Waals surface area contributed by atoms with Crippen LogP contribution in [-0.2, 0) is 0 Å². The number of anilines is 2. The predicted octanol–water partition coefficient (Wildman–Crippen LogP) is 1.76. The molecule has 0 aliphatic heterocycles. The van der Waals surface area contributed by atoms with E-state index in [0.29, 0.717) is 12.6 Å². The Kier molecular flexibility index (Phi) is 5.69. The van der Waals surface area contributed by atoms with E-state index >= 15 is 0 Å².